The molecule has 1 rings (SSSR count). The molecule has 5 nitrogen and oxygen atoms in total. The fraction of sp³-hybridized carbons (Fsp3) is 0.826. The fourth-order valence-electron chi connectivity index (χ4n) is 3.50. The first-order chi connectivity index (χ1) is 13.8. The number of rotatable bonds is 10. The number of nitrogens with one attached hydrogen (secondary N) is 2. The summed E-state index contributed by atoms with van der Waals surface area (Å²) in [5.74, 6) is -0.295. The van der Waals surface area contributed by atoms with E-state index in [-0.39, 0.29) is 11.5 Å². The van der Waals surface area contributed by atoms with E-state index < -0.39 is 0 Å². The quantitative estimate of drug-likeness (QED) is 0.313. The van der Waals surface area contributed by atoms with Gasteiger partial charge < -0.3 is 15.4 Å². The first-order valence-electron chi connectivity index (χ1n) is 11.5. The summed E-state index contributed by atoms with van der Waals surface area (Å²) < 4.78 is 5.48. The zero-order valence-electron chi connectivity index (χ0n) is 17.9. The number of ether oxygens (including phenoxy) is 1. The van der Waals surface area contributed by atoms with Crippen molar-refractivity contribution in [2.24, 2.45) is 0 Å². The SMILES string of the molecule is CCCCOCCCNC(=O)/C(C#N)=C\NC1CCCCCCCCCCC1. The minimum Gasteiger partial charge on any atom is -0.387 e. The van der Waals surface area contributed by atoms with Gasteiger partial charge in [0, 0.05) is 32.0 Å². The Balaban J connectivity index is 2.34. The van der Waals surface area contributed by atoms with Crippen LogP contribution < -0.4 is 10.6 Å². The summed E-state index contributed by atoms with van der Waals surface area (Å²) in [6, 6.07) is 2.40. The number of unbranched alkanes of at least 4 members (excludes halogenated alkanes) is 1. The molecule has 0 bridgehead atoms. The van der Waals surface area contributed by atoms with Crippen LogP contribution in [0.5, 0.6) is 0 Å². The van der Waals surface area contributed by atoms with Gasteiger partial charge in [-0.05, 0) is 25.7 Å². The lowest BCUT2D eigenvalue weighted by Crippen LogP contribution is -2.29. The van der Waals surface area contributed by atoms with Crippen molar-refractivity contribution in [3.8, 4) is 6.07 Å². The standard InChI is InChI=1S/C23H41N3O2/c1-2-3-17-28-18-13-16-25-23(27)21(19-24)20-26-22-14-11-9-7-5-4-6-8-10-12-15-22/h20,22,26H,2-18H2,1H3,(H,25,27)/b21-20-. The molecule has 0 unspecified atom stereocenters. The van der Waals surface area contributed by atoms with Crippen LogP contribution >= 0.6 is 0 Å². The highest BCUT2D eigenvalue weighted by Gasteiger charge is 2.11. The van der Waals surface area contributed by atoms with Crippen LogP contribution in [0.25, 0.3) is 0 Å². The van der Waals surface area contributed by atoms with E-state index >= 15 is 0 Å². The number of amides is 1. The first-order valence-corrected chi connectivity index (χ1v) is 11.5. The molecule has 0 aromatic rings. The summed E-state index contributed by atoms with van der Waals surface area (Å²) in [5, 5.41) is 15.5. The maximum absolute atomic E-state index is 12.2. The van der Waals surface area contributed by atoms with Crippen molar-refractivity contribution in [1.29, 1.82) is 5.26 Å². The van der Waals surface area contributed by atoms with Crippen molar-refractivity contribution in [3.05, 3.63) is 11.8 Å². The minimum atomic E-state index is -0.295. The lowest BCUT2D eigenvalue weighted by Gasteiger charge is -2.18. The van der Waals surface area contributed by atoms with Gasteiger partial charge in [0.1, 0.15) is 11.6 Å². The molecular weight excluding hydrogens is 350 g/mol. The molecule has 0 saturated heterocycles. The van der Waals surface area contributed by atoms with Gasteiger partial charge in [-0.25, -0.2) is 0 Å². The van der Waals surface area contributed by atoms with Crippen LogP contribution in [0.4, 0.5) is 0 Å². The average molecular weight is 392 g/mol. The second-order valence-electron chi connectivity index (χ2n) is 7.87. The summed E-state index contributed by atoms with van der Waals surface area (Å²) in [6.45, 7) is 4.09. The summed E-state index contributed by atoms with van der Waals surface area (Å²) in [5.41, 5.74) is 0.165. The highest BCUT2D eigenvalue weighted by atomic mass is 16.5. The third-order valence-corrected chi connectivity index (χ3v) is 5.33. The first kappa shape index (κ1) is 24.5. The molecule has 0 heterocycles. The van der Waals surface area contributed by atoms with E-state index in [2.05, 4.69) is 17.6 Å². The maximum Gasteiger partial charge on any atom is 0.263 e. The molecular formula is C23H41N3O2. The molecule has 1 amide bonds. The average Bonchev–Trinajstić information content (AvgIpc) is 2.69. The molecule has 28 heavy (non-hydrogen) atoms. The van der Waals surface area contributed by atoms with Crippen LogP contribution in [-0.2, 0) is 9.53 Å². The molecule has 0 aliphatic heterocycles. The van der Waals surface area contributed by atoms with Gasteiger partial charge in [0.05, 0.1) is 0 Å². The van der Waals surface area contributed by atoms with Crippen LogP contribution in [0.15, 0.2) is 11.8 Å². The number of carbonyl (C=O) groups excluding carboxylic acids is 1. The minimum absolute atomic E-state index is 0.165. The van der Waals surface area contributed by atoms with Crippen molar-refractivity contribution >= 4 is 5.91 Å². The van der Waals surface area contributed by atoms with Crippen LogP contribution in [0.1, 0.15) is 96.8 Å². The number of nitrogens with zero attached hydrogens (tertiary/aromatic N) is 1. The third-order valence-electron chi connectivity index (χ3n) is 5.33. The Morgan fingerprint density at radius 3 is 2.14 bits per heavy atom. The molecule has 0 aromatic heterocycles. The lowest BCUT2D eigenvalue weighted by atomic mass is 9.98. The Labute approximate surface area is 172 Å². The van der Waals surface area contributed by atoms with Gasteiger partial charge in [0.25, 0.3) is 5.91 Å². The van der Waals surface area contributed by atoms with Crippen LogP contribution in [-0.4, -0.2) is 31.7 Å². The van der Waals surface area contributed by atoms with Gasteiger partial charge >= 0.3 is 0 Å². The predicted molar refractivity (Wildman–Crippen MR) is 115 cm³/mol. The van der Waals surface area contributed by atoms with Crippen LogP contribution in [0.2, 0.25) is 0 Å². The number of carbonyl (C=O) groups is 1. The molecule has 0 radical (unpaired) electrons. The van der Waals surface area contributed by atoms with E-state index in [9.17, 15) is 10.1 Å². The van der Waals surface area contributed by atoms with Gasteiger partial charge in [-0.2, -0.15) is 5.26 Å². The number of hydrogen-bond acceptors (Lipinski definition) is 4. The van der Waals surface area contributed by atoms with E-state index in [4.69, 9.17) is 4.74 Å². The molecule has 0 aromatic carbocycles. The molecule has 1 saturated carbocycles. The van der Waals surface area contributed by atoms with Crippen molar-refractivity contribution in [3.63, 3.8) is 0 Å². The summed E-state index contributed by atoms with van der Waals surface area (Å²) in [6.07, 6.45) is 18.6. The van der Waals surface area contributed by atoms with Gasteiger partial charge in [0.15, 0.2) is 0 Å². The maximum atomic E-state index is 12.2. The van der Waals surface area contributed by atoms with Crippen molar-refractivity contribution < 1.29 is 9.53 Å². The van der Waals surface area contributed by atoms with Crippen molar-refractivity contribution in [1.82, 2.24) is 10.6 Å². The highest BCUT2D eigenvalue weighted by molar-refractivity contribution is 5.97. The van der Waals surface area contributed by atoms with Crippen LogP contribution in [0, 0.1) is 11.3 Å². The molecule has 1 aliphatic rings. The van der Waals surface area contributed by atoms with Gasteiger partial charge in [-0.1, -0.05) is 71.1 Å². The van der Waals surface area contributed by atoms with Crippen molar-refractivity contribution in [2.75, 3.05) is 19.8 Å². The summed E-state index contributed by atoms with van der Waals surface area (Å²) in [7, 11) is 0. The lowest BCUT2D eigenvalue weighted by molar-refractivity contribution is -0.117. The molecule has 0 spiro atoms. The number of hydrogen-bond donors (Lipinski definition) is 2. The van der Waals surface area contributed by atoms with E-state index in [1.165, 1.54) is 57.8 Å². The molecule has 1 aliphatic carbocycles. The Kier molecular flexibility index (Phi) is 15.4. The van der Waals surface area contributed by atoms with E-state index in [1.807, 2.05) is 6.07 Å². The molecule has 2 N–H and O–H groups in total. The summed E-state index contributed by atoms with van der Waals surface area (Å²) >= 11 is 0. The second kappa shape index (κ2) is 17.6. The zero-order valence-corrected chi connectivity index (χ0v) is 17.9. The van der Waals surface area contributed by atoms with E-state index in [0.29, 0.717) is 19.2 Å². The number of nitriles is 1. The van der Waals surface area contributed by atoms with Crippen LogP contribution in [0.3, 0.4) is 0 Å². The molecule has 1 fully saturated rings. The van der Waals surface area contributed by atoms with E-state index in [0.717, 1.165) is 38.7 Å². The van der Waals surface area contributed by atoms with Gasteiger partial charge in [-0.3, -0.25) is 4.79 Å². The second-order valence-corrected chi connectivity index (χ2v) is 7.87. The Morgan fingerprint density at radius 2 is 1.57 bits per heavy atom. The predicted octanol–water partition coefficient (Wildman–Crippen LogP) is 4.98. The Bertz CT molecular complexity index is 459. The van der Waals surface area contributed by atoms with E-state index in [1.54, 1.807) is 6.20 Å². The topological polar surface area (TPSA) is 74.1 Å². The Hall–Kier alpha value is -1.54. The van der Waals surface area contributed by atoms with Gasteiger partial charge in [0.2, 0.25) is 0 Å². The smallest absolute Gasteiger partial charge is 0.263 e. The Morgan fingerprint density at radius 1 is 1.00 bits per heavy atom. The summed E-state index contributed by atoms with van der Waals surface area (Å²) in [4.78, 5) is 12.2. The highest BCUT2D eigenvalue weighted by Crippen LogP contribution is 2.17. The zero-order chi connectivity index (χ0) is 20.3. The monoisotopic (exact) mass is 391 g/mol. The molecule has 0 atom stereocenters. The third kappa shape index (κ3) is 12.8. The molecule has 5 heteroatoms. The normalized spacial score (nSPS) is 17.8. The molecule has 160 valence electrons. The van der Waals surface area contributed by atoms with Crippen molar-refractivity contribution in [2.45, 2.75) is 103 Å². The van der Waals surface area contributed by atoms with Gasteiger partial charge in [-0.15, -0.1) is 0 Å². The fourth-order valence-corrected chi connectivity index (χ4v) is 3.50. The largest absolute Gasteiger partial charge is 0.387 e.